The highest BCUT2D eigenvalue weighted by molar-refractivity contribution is 5.70. The molecule has 156 valence electrons. The molecular weight excluding hydrogens is 366 g/mol. The fourth-order valence-electron chi connectivity index (χ4n) is 4.90. The quantitative estimate of drug-likeness (QED) is 0.844. The average Bonchev–Trinajstić information content (AvgIpc) is 3.24. The summed E-state index contributed by atoms with van der Waals surface area (Å²) in [5.41, 5.74) is 1.30. The fraction of sp³-hybridized carbons (Fsp3) is 0.652. The normalized spacial score (nSPS) is 31.5. The van der Waals surface area contributed by atoms with Crippen LogP contribution in [0.4, 0.5) is 4.79 Å². The molecular formula is C23H31N3O3. The van der Waals surface area contributed by atoms with Crippen LogP contribution in [0.1, 0.15) is 63.5 Å². The van der Waals surface area contributed by atoms with Gasteiger partial charge in [0.1, 0.15) is 5.60 Å². The van der Waals surface area contributed by atoms with Gasteiger partial charge in [-0.1, -0.05) is 12.1 Å². The van der Waals surface area contributed by atoms with Gasteiger partial charge in [0.25, 0.3) is 0 Å². The smallest absolute Gasteiger partial charge is 0.410 e. The number of nitrogens with one attached hydrogen (secondary N) is 1. The van der Waals surface area contributed by atoms with Gasteiger partial charge in [0.05, 0.1) is 23.8 Å². The number of nitriles is 1. The monoisotopic (exact) mass is 397 g/mol. The first-order valence-electron chi connectivity index (χ1n) is 10.6. The maximum absolute atomic E-state index is 12.8. The molecule has 6 nitrogen and oxygen atoms in total. The number of ether oxygens (including phenoxy) is 2. The molecule has 1 aliphatic carbocycles. The first kappa shape index (κ1) is 20.2. The van der Waals surface area contributed by atoms with Gasteiger partial charge in [-0.05, 0) is 70.1 Å². The lowest BCUT2D eigenvalue weighted by Crippen LogP contribution is -2.49. The van der Waals surface area contributed by atoms with Gasteiger partial charge in [-0.3, -0.25) is 4.90 Å². The molecule has 2 unspecified atom stereocenters. The molecule has 4 rings (SSSR count). The molecule has 2 atom stereocenters. The Bertz CT molecular complexity index is 781. The third-order valence-electron chi connectivity index (χ3n) is 6.42. The van der Waals surface area contributed by atoms with Crippen molar-refractivity contribution < 1.29 is 14.3 Å². The highest BCUT2D eigenvalue weighted by atomic mass is 16.6. The molecule has 1 aromatic carbocycles. The number of benzene rings is 1. The van der Waals surface area contributed by atoms with E-state index in [1.165, 1.54) is 5.56 Å². The Hall–Kier alpha value is -2.10. The van der Waals surface area contributed by atoms with E-state index in [4.69, 9.17) is 14.7 Å². The van der Waals surface area contributed by atoms with E-state index in [2.05, 4.69) is 23.5 Å². The van der Waals surface area contributed by atoms with Crippen LogP contribution < -0.4 is 5.32 Å². The van der Waals surface area contributed by atoms with E-state index < -0.39 is 5.60 Å². The molecule has 0 aromatic heterocycles. The first-order chi connectivity index (χ1) is 13.8. The summed E-state index contributed by atoms with van der Waals surface area (Å²) in [6, 6.07) is 10.9. The first-order valence-corrected chi connectivity index (χ1v) is 10.6. The van der Waals surface area contributed by atoms with Crippen molar-refractivity contribution in [3.8, 4) is 6.07 Å². The number of likely N-dealkylation sites (tertiary alicyclic amines) is 1. The predicted molar refractivity (Wildman–Crippen MR) is 110 cm³/mol. The van der Waals surface area contributed by atoms with Crippen LogP contribution in [0.15, 0.2) is 24.3 Å². The second-order valence-corrected chi connectivity index (χ2v) is 9.78. The molecule has 1 N–H and O–H groups in total. The van der Waals surface area contributed by atoms with E-state index in [0.717, 1.165) is 25.7 Å². The van der Waals surface area contributed by atoms with E-state index in [1.807, 2.05) is 37.8 Å². The van der Waals surface area contributed by atoms with Crippen LogP contribution in [0.25, 0.3) is 0 Å². The van der Waals surface area contributed by atoms with Gasteiger partial charge >= 0.3 is 6.09 Å². The third-order valence-corrected chi connectivity index (χ3v) is 6.42. The van der Waals surface area contributed by atoms with Gasteiger partial charge in [0, 0.05) is 25.2 Å². The second kappa shape index (κ2) is 7.62. The molecule has 0 radical (unpaired) electrons. The van der Waals surface area contributed by atoms with Crippen LogP contribution in [-0.2, 0) is 9.47 Å². The largest absolute Gasteiger partial charge is 0.444 e. The van der Waals surface area contributed by atoms with Crippen LogP contribution in [0, 0.1) is 11.3 Å². The summed E-state index contributed by atoms with van der Waals surface area (Å²) in [6.45, 7) is 7.71. The Balaban J connectivity index is 1.34. The Morgan fingerprint density at radius 1 is 1.28 bits per heavy atom. The molecule has 1 spiro atoms. The molecule has 6 heteroatoms. The zero-order chi connectivity index (χ0) is 20.6. The zero-order valence-electron chi connectivity index (χ0n) is 17.6. The minimum atomic E-state index is -0.495. The van der Waals surface area contributed by atoms with Gasteiger partial charge in [-0.2, -0.15) is 5.26 Å². The summed E-state index contributed by atoms with van der Waals surface area (Å²) in [4.78, 5) is 14.7. The van der Waals surface area contributed by atoms with E-state index in [-0.39, 0.29) is 17.7 Å². The summed E-state index contributed by atoms with van der Waals surface area (Å²) < 4.78 is 11.4. The van der Waals surface area contributed by atoms with Crippen molar-refractivity contribution in [3.63, 3.8) is 0 Å². The van der Waals surface area contributed by atoms with Crippen molar-refractivity contribution in [2.75, 3.05) is 19.8 Å². The standard InChI is InChI=1S/C23H31N3O3/c1-22(2,3)29-21(27)26-14-20(12-23(26)8-9-28-15-23)25-19-10-18(11-19)17-6-4-16(13-24)5-7-17/h4-7,18-20,25H,8-12,14-15H2,1-3H3. The minimum absolute atomic E-state index is 0.226. The Morgan fingerprint density at radius 3 is 2.59 bits per heavy atom. The van der Waals surface area contributed by atoms with Gasteiger partial charge in [-0.25, -0.2) is 4.79 Å². The third kappa shape index (κ3) is 4.26. The van der Waals surface area contributed by atoms with Crippen LogP contribution in [0.5, 0.6) is 0 Å². The number of rotatable bonds is 3. The van der Waals surface area contributed by atoms with Crippen LogP contribution in [-0.4, -0.2) is 54.0 Å². The van der Waals surface area contributed by atoms with Crippen LogP contribution in [0.2, 0.25) is 0 Å². The zero-order valence-corrected chi connectivity index (χ0v) is 17.6. The molecule has 0 bridgehead atoms. The van der Waals surface area contributed by atoms with Crippen LogP contribution >= 0.6 is 0 Å². The Labute approximate surface area is 173 Å². The molecule has 2 aliphatic heterocycles. The Kier molecular flexibility index (Phi) is 5.30. The molecule has 3 fully saturated rings. The van der Waals surface area contributed by atoms with Gasteiger partial charge in [0.2, 0.25) is 0 Å². The summed E-state index contributed by atoms with van der Waals surface area (Å²) in [7, 11) is 0. The molecule has 1 saturated carbocycles. The molecule has 2 heterocycles. The molecule has 29 heavy (non-hydrogen) atoms. The van der Waals surface area contributed by atoms with Crippen molar-refractivity contribution in [2.45, 2.75) is 75.6 Å². The number of carbonyl (C=O) groups is 1. The molecule has 3 aliphatic rings. The Morgan fingerprint density at radius 2 is 2.00 bits per heavy atom. The summed E-state index contributed by atoms with van der Waals surface area (Å²) in [5.74, 6) is 0.548. The number of amides is 1. The van der Waals surface area contributed by atoms with Gasteiger partial charge in [-0.15, -0.1) is 0 Å². The van der Waals surface area contributed by atoms with E-state index >= 15 is 0 Å². The van der Waals surface area contributed by atoms with E-state index in [9.17, 15) is 4.79 Å². The number of hydrogen-bond acceptors (Lipinski definition) is 5. The van der Waals surface area contributed by atoms with Crippen LogP contribution in [0.3, 0.4) is 0 Å². The highest BCUT2D eigenvalue weighted by Crippen LogP contribution is 2.41. The lowest BCUT2D eigenvalue weighted by molar-refractivity contribution is 0.00555. The summed E-state index contributed by atoms with van der Waals surface area (Å²) in [6.07, 6.45) is 3.76. The van der Waals surface area contributed by atoms with E-state index in [0.29, 0.717) is 37.3 Å². The number of hydrogen-bond donors (Lipinski definition) is 1. The maximum Gasteiger partial charge on any atom is 0.410 e. The highest BCUT2D eigenvalue weighted by Gasteiger charge is 2.52. The number of nitrogens with zero attached hydrogens (tertiary/aromatic N) is 2. The van der Waals surface area contributed by atoms with Gasteiger partial charge in [0.15, 0.2) is 0 Å². The lowest BCUT2D eigenvalue weighted by atomic mass is 9.75. The average molecular weight is 398 g/mol. The summed E-state index contributed by atoms with van der Waals surface area (Å²) >= 11 is 0. The van der Waals surface area contributed by atoms with Crippen molar-refractivity contribution in [1.82, 2.24) is 10.2 Å². The minimum Gasteiger partial charge on any atom is -0.444 e. The van der Waals surface area contributed by atoms with Crippen molar-refractivity contribution in [1.29, 1.82) is 5.26 Å². The fourth-order valence-corrected chi connectivity index (χ4v) is 4.90. The van der Waals surface area contributed by atoms with Crippen molar-refractivity contribution in [2.24, 2.45) is 0 Å². The van der Waals surface area contributed by atoms with Crippen molar-refractivity contribution >= 4 is 6.09 Å². The van der Waals surface area contributed by atoms with Gasteiger partial charge < -0.3 is 14.8 Å². The molecule has 1 aromatic rings. The molecule has 1 amide bonds. The molecule has 2 saturated heterocycles. The topological polar surface area (TPSA) is 74.6 Å². The van der Waals surface area contributed by atoms with Crippen molar-refractivity contribution in [3.05, 3.63) is 35.4 Å². The number of carbonyl (C=O) groups excluding carboxylic acids is 1. The lowest BCUT2D eigenvalue weighted by Gasteiger charge is -2.38. The second-order valence-electron chi connectivity index (χ2n) is 9.78. The van der Waals surface area contributed by atoms with E-state index in [1.54, 1.807) is 0 Å². The summed E-state index contributed by atoms with van der Waals surface area (Å²) in [5, 5.41) is 12.7. The SMILES string of the molecule is CC(C)(C)OC(=O)N1CC(NC2CC(c3ccc(C#N)cc3)C2)CC12CCOC2. The maximum atomic E-state index is 12.8. The predicted octanol–water partition coefficient (Wildman–Crippen LogP) is 3.56.